The minimum atomic E-state index is -4.88. The van der Waals surface area contributed by atoms with E-state index in [1.54, 1.807) is 0 Å². The smallest absolute Gasteiger partial charge is 0.374 e. The fourth-order valence-electron chi connectivity index (χ4n) is 3.48. The summed E-state index contributed by atoms with van der Waals surface area (Å²) in [5.41, 5.74) is -3.56. The lowest BCUT2D eigenvalue weighted by molar-refractivity contribution is -0.272. The zero-order chi connectivity index (χ0) is 18.0. The first-order valence-corrected chi connectivity index (χ1v) is 8.21. The van der Waals surface area contributed by atoms with E-state index in [1.807, 2.05) is 6.92 Å². The Kier molecular flexibility index (Phi) is 5.27. The number of aryl methyl sites for hydroxylation is 1. The average molecular weight is 347 g/mol. The molecule has 1 aliphatic carbocycles. The molecule has 0 saturated heterocycles. The first-order chi connectivity index (χ1) is 11.2. The third kappa shape index (κ3) is 3.29. The average Bonchev–Trinajstić information content (AvgIpc) is 3.15. The van der Waals surface area contributed by atoms with Crippen LogP contribution in [0.1, 0.15) is 51.3 Å². The summed E-state index contributed by atoms with van der Waals surface area (Å²) >= 11 is 0. The predicted octanol–water partition coefficient (Wildman–Crippen LogP) is 2.65. The Labute approximate surface area is 139 Å². The maximum Gasteiger partial charge on any atom is 0.424 e. The molecule has 0 bridgehead atoms. The molecule has 1 aliphatic rings. The minimum absolute atomic E-state index is 0.216. The van der Waals surface area contributed by atoms with Crippen molar-refractivity contribution >= 4 is 5.91 Å². The van der Waals surface area contributed by atoms with Gasteiger partial charge in [0.15, 0.2) is 0 Å². The highest BCUT2D eigenvalue weighted by Gasteiger charge is 2.57. The number of nitrogens with zero attached hydrogens (tertiary/aromatic N) is 2. The largest absolute Gasteiger partial charge is 0.424 e. The molecule has 1 heterocycles. The Morgan fingerprint density at radius 3 is 2.50 bits per heavy atom. The fraction of sp³-hybridized carbons (Fsp3) is 0.750. The van der Waals surface area contributed by atoms with Crippen LogP contribution >= 0.6 is 0 Å². The van der Waals surface area contributed by atoms with Crippen LogP contribution in [0.25, 0.3) is 0 Å². The molecule has 1 amide bonds. The first-order valence-electron chi connectivity index (χ1n) is 8.21. The van der Waals surface area contributed by atoms with Crippen LogP contribution in [0.4, 0.5) is 13.2 Å². The van der Waals surface area contributed by atoms with Crippen LogP contribution < -0.4 is 5.32 Å². The number of hydrogen-bond acceptors (Lipinski definition) is 3. The zero-order valence-electron chi connectivity index (χ0n) is 14.0. The number of halogens is 3. The third-order valence-electron chi connectivity index (χ3n) is 5.15. The Balaban J connectivity index is 2.07. The number of imidazole rings is 1. The molecule has 1 fully saturated rings. The van der Waals surface area contributed by atoms with E-state index in [4.69, 9.17) is 0 Å². The molecule has 2 rings (SSSR count). The van der Waals surface area contributed by atoms with Crippen molar-refractivity contribution in [3.63, 3.8) is 0 Å². The molecular formula is C16H24F3N3O2. The molecule has 0 aromatic carbocycles. The number of amides is 1. The first kappa shape index (κ1) is 18.8. The third-order valence-corrected chi connectivity index (χ3v) is 5.15. The number of aliphatic hydroxyl groups is 1. The summed E-state index contributed by atoms with van der Waals surface area (Å²) in [7, 11) is 1.39. The van der Waals surface area contributed by atoms with Crippen LogP contribution in [0.2, 0.25) is 0 Å². The molecule has 2 N–H and O–H groups in total. The number of carbonyl (C=O) groups is 1. The minimum Gasteiger partial charge on any atom is -0.374 e. The van der Waals surface area contributed by atoms with Crippen molar-refractivity contribution in [3.8, 4) is 0 Å². The van der Waals surface area contributed by atoms with E-state index in [-0.39, 0.29) is 12.5 Å². The monoisotopic (exact) mass is 347 g/mol. The number of hydrogen-bond donors (Lipinski definition) is 2. The Morgan fingerprint density at radius 2 is 2.04 bits per heavy atom. The molecule has 8 heteroatoms. The Morgan fingerprint density at radius 1 is 1.42 bits per heavy atom. The molecule has 0 spiro atoms. The summed E-state index contributed by atoms with van der Waals surface area (Å²) in [4.78, 5) is 16.0. The second kappa shape index (κ2) is 6.74. The van der Waals surface area contributed by atoms with Gasteiger partial charge in [-0.3, -0.25) is 4.79 Å². The summed E-state index contributed by atoms with van der Waals surface area (Å²) in [6.45, 7) is 1.66. The normalized spacial score (nSPS) is 19.9. The van der Waals surface area contributed by atoms with Gasteiger partial charge in [0.05, 0.1) is 0 Å². The van der Waals surface area contributed by atoms with E-state index >= 15 is 0 Å². The van der Waals surface area contributed by atoms with Crippen molar-refractivity contribution < 1.29 is 23.1 Å². The summed E-state index contributed by atoms with van der Waals surface area (Å²) in [5.74, 6) is -0.692. The van der Waals surface area contributed by atoms with E-state index < -0.39 is 29.4 Å². The van der Waals surface area contributed by atoms with Gasteiger partial charge in [-0.2, -0.15) is 13.2 Å². The maximum atomic E-state index is 13.4. The summed E-state index contributed by atoms with van der Waals surface area (Å²) in [5, 5.41) is 12.8. The van der Waals surface area contributed by atoms with Gasteiger partial charge in [-0.15, -0.1) is 0 Å². The van der Waals surface area contributed by atoms with Gasteiger partial charge < -0.3 is 15.0 Å². The van der Waals surface area contributed by atoms with Crippen LogP contribution in [0.3, 0.4) is 0 Å². The molecule has 1 unspecified atom stereocenters. The van der Waals surface area contributed by atoms with Crippen molar-refractivity contribution in [3.05, 3.63) is 18.2 Å². The molecule has 5 nitrogen and oxygen atoms in total. The van der Waals surface area contributed by atoms with Gasteiger partial charge in [-0.25, -0.2) is 4.98 Å². The van der Waals surface area contributed by atoms with Crippen molar-refractivity contribution in [2.45, 2.75) is 57.2 Å². The van der Waals surface area contributed by atoms with Gasteiger partial charge in [-0.05, 0) is 19.3 Å². The lowest BCUT2D eigenvalue weighted by Gasteiger charge is -2.31. The van der Waals surface area contributed by atoms with Crippen molar-refractivity contribution in [2.75, 3.05) is 6.54 Å². The lowest BCUT2D eigenvalue weighted by atomic mass is 9.82. The van der Waals surface area contributed by atoms with E-state index in [2.05, 4.69) is 10.3 Å². The molecule has 1 saturated carbocycles. The van der Waals surface area contributed by atoms with Gasteiger partial charge >= 0.3 is 6.18 Å². The predicted molar refractivity (Wildman–Crippen MR) is 82.0 cm³/mol. The quantitative estimate of drug-likeness (QED) is 0.831. The van der Waals surface area contributed by atoms with Crippen LogP contribution in [0.5, 0.6) is 0 Å². The second-order valence-corrected chi connectivity index (χ2v) is 6.57. The second-order valence-electron chi connectivity index (χ2n) is 6.57. The van der Waals surface area contributed by atoms with Gasteiger partial charge in [-0.1, -0.05) is 19.8 Å². The molecule has 1 aromatic rings. The van der Waals surface area contributed by atoms with Gasteiger partial charge in [0.1, 0.15) is 5.82 Å². The molecule has 24 heavy (non-hydrogen) atoms. The summed E-state index contributed by atoms with van der Waals surface area (Å²) in [6.07, 6.45) is 1.10. The number of aromatic nitrogens is 2. The number of nitrogens with one attached hydrogen (secondary N) is 1. The number of alkyl halides is 3. The highest BCUT2D eigenvalue weighted by atomic mass is 19.4. The van der Waals surface area contributed by atoms with Gasteiger partial charge in [0.2, 0.25) is 11.5 Å². The van der Waals surface area contributed by atoms with Crippen LogP contribution in [-0.4, -0.2) is 33.3 Å². The van der Waals surface area contributed by atoms with Crippen molar-refractivity contribution in [1.29, 1.82) is 0 Å². The highest BCUT2D eigenvalue weighted by molar-refractivity contribution is 5.82. The van der Waals surface area contributed by atoms with E-state index in [0.717, 1.165) is 30.3 Å². The highest BCUT2D eigenvalue weighted by Crippen LogP contribution is 2.42. The topological polar surface area (TPSA) is 67.2 Å². The van der Waals surface area contributed by atoms with Gasteiger partial charge in [0.25, 0.3) is 0 Å². The fourth-order valence-corrected chi connectivity index (χ4v) is 3.48. The molecule has 136 valence electrons. The SMILES string of the molecule is CCC1(C(=O)NCCC(O)(c2nccn2C)C(F)(F)F)CCCC1. The summed E-state index contributed by atoms with van der Waals surface area (Å²) < 4.78 is 41.3. The molecule has 1 atom stereocenters. The Bertz CT molecular complexity index is 579. The van der Waals surface area contributed by atoms with Crippen LogP contribution in [0, 0.1) is 5.41 Å². The maximum absolute atomic E-state index is 13.4. The van der Waals surface area contributed by atoms with Gasteiger partial charge in [0, 0.05) is 37.8 Å². The molecule has 1 aromatic heterocycles. The Hall–Kier alpha value is -1.57. The lowest BCUT2D eigenvalue weighted by Crippen LogP contribution is -2.48. The van der Waals surface area contributed by atoms with E-state index in [9.17, 15) is 23.1 Å². The molecular weight excluding hydrogens is 323 g/mol. The standard InChI is InChI=1S/C16H24F3N3O2/c1-3-14(6-4-5-7-14)13(23)21-9-8-15(24,16(17,18)19)12-20-10-11-22(12)2/h10-11,24H,3-9H2,1-2H3,(H,21,23). The number of carbonyl (C=O) groups excluding carboxylic acids is 1. The summed E-state index contributed by atoms with van der Waals surface area (Å²) in [6, 6.07) is 0. The van der Waals surface area contributed by atoms with E-state index in [1.165, 1.54) is 19.4 Å². The number of rotatable bonds is 6. The van der Waals surface area contributed by atoms with Crippen LogP contribution in [-0.2, 0) is 17.4 Å². The molecule has 0 radical (unpaired) electrons. The van der Waals surface area contributed by atoms with Crippen molar-refractivity contribution in [1.82, 2.24) is 14.9 Å². The van der Waals surface area contributed by atoms with E-state index in [0.29, 0.717) is 6.42 Å². The van der Waals surface area contributed by atoms with Crippen molar-refractivity contribution in [2.24, 2.45) is 12.5 Å². The molecule has 0 aliphatic heterocycles. The zero-order valence-corrected chi connectivity index (χ0v) is 14.0. The van der Waals surface area contributed by atoms with Crippen LogP contribution in [0.15, 0.2) is 12.4 Å².